The first kappa shape index (κ1) is 12.3. The van der Waals surface area contributed by atoms with Crippen molar-refractivity contribution in [2.24, 2.45) is 5.92 Å². The van der Waals surface area contributed by atoms with E-state index in [-0.39, 0.29) is 12.1 Å². The fourth-order valence-corrected chi connectivity index (χ4v) is 1.49. The molecule has 4 nitrogen and oxygen atoms in total. The monoisotopic (exact) mass is 214 g/mol. The molecule has 0 aromatic rings. The molecule has 0 aliphatic carbocycles. The zero-order valence-corrected chi connectivity index (χ0v) is 9.95. The maximum Gasteiger partial charge on any atom is 0.317 e. The Morgan fingerprint density at radius 1 is 1.60 bits per heavy atom. The molecule has 0 radical (unpaired) electrons. The van der Waals surface area contributed by atoms with Crippen molar-refractivity contribution < 1.29 is 9.53 Å². The van der Waals surface area contributed by atoms with E-state index >= 15 is 0 Å². The lowest BCUT2D eigenvalue weighted by Crippen LogP contribution is -2.43. The summed E-state index contributed by atoms with van der Waals surface area (Å²) in [5, 5.41) is 2.96. The van der Waals surface area contributed by atoms with Crippen molar-refractivity contribution >= 4 is 6.03 Å². The van der Waals surface area contributed by atoms with Crippen LogP contribution in [0, 0.1) is 5.92 Å². The zero-order chi connectivity index (χ0) is 11.3. The lowest BCUT2D eigenvalue weighted by molar-refractivity contribution is 0.181. The number of amides is 2. The summed E-state index contributed by atoms with van der Waals surface area (Å²) in [5.74, 6) is 0.634. The molecule has 0 saturated carbocycles. The highest BCUT2D eigenvalue weighted by atomic mass is 16.5. The van der Waals surface area contributed by atoms with E-state index in [1.54, 1.807) is 4.90 Å². The molecule has 0 aromatic heterocycles. The second-order valence-electron chi connectivity index (χ2n) is 4.61. The number of carbonyl (C=O) groups excluding carboxylic acids is 1. The maximum absolute atomic E-state index is 11.7. The van der Waals surface area contributed by atoms with Gasteiger partial charge in [0.15, 0.2) is 0 Å². The van der Waals surface area contributed by atoms with Crippen molar-refractivity contribution in [3.63, 3.8) is 0 Å². The average Bonchev–Trinajstić information content (AvgIpc) is 2.66. The van der Waals surface area contributed by atoms with Crippen LogP contribution < -0.4 is 5.32 Å². The largest absolute Gasteiger partial charge is 0.379 e. The van der Waals surface area contributed by atoms with E-state index in [4.69, 9.17) is 4.74 Å². The van der Waals surface area contributed by atoms with Gasteiger partial charge in [0.1, 0.15) is 0 Å². The minimum absolute atomic E-state index is 0.0196. The number of nitrogens with one attached hydrogen (secondary N) is 1. The van der Waals surface area contributed by atoms with Gasteiger partial charge in [-0.1, -0.05) is 13.8 Å². The number of carbonyl (C=O) groups is 1. The van der Waals surface area contributed by atoms with E-state index in [9.17, 15) is 4.79 Å². The van der Waals surface area contributed by atoms with E-state index in [2.05, 4.69) is 19.2 Å². The molecule has 1 heterocycles. The van der Waals surface area contributed by atoms with Gasteiger partial charge in [-0.2, -0.15) is 0 Å². The van der Waals surface area contributed by atoms with Gasteiger partial charge in [0.2, 0.25) is 0 Å². The second kappa shape index (κ2) is 5.95. The molecule has 15 heavy (non-hydrogen) atoms. The fraction of sp³-hybridized carbons (Fsp3) is 0.909. The van der Waals surface area contributed by atoms with Gasteiger partial charge in [0.25, 0.3) is 0 Å². The minimum atomic E-state index is 0.0196. The molecule has 1 atom stereocenters. The third-order valence-corrected chi connectivity index (χ3v) is 2.65. The smallest absolute Gasteiger partial charge is 0.317 e. The Morgan fingerprint density at radius 3 is 2.87 bits per heavy atom. The number of ether oxygens (including phenoxy) is 1. The van der Waals surface area contributed by atoms with Crippen LogP contribution in [0.5, 0.6) is 0 Å². The first-order chi connectivity index (χ1) is 7.09. The molecular formula is C11H22N2O2. The number of nitrogens with zero attached hydrogens (tertiary/aromatic N) is 1. The van der Waals surface area contributed by atoms with Crippen LogP contribution >= 0.6 is 0 Å². The van der Waals surface area contributed by atoms with E-state index in [1.807, 2.05) is 7.05 Å². The first-order valence-corrected chi connectivity index (χ1v) is 5.69. The van der Waals surface area contributed by atoms with E-state index in [0.29, 0.717) is 12.5 Å². The Labute approximate surface area is 92.0 Å². The fourth-order valence-electron chi connectivity index (χ4n) is 1.49. The number of rotatable bonds is 4. The molecule has 88 valence electrons. The predicted molar refractivity (Wildman–Crippen MR) is 59.8 cm³/mol. The van der Waals surface area contributed by atoms with Crippen LogP contribution in [0.15, 0.2) is 0 Å². The lowest BCUT2D eigenvalue weighted by atomic mass is 10.1. The summed E-state index contributed by atoms with van der Waals surface area (Å²) in [6.07, 6.45) is 1.98. The maximum atomic E-state index is 11.7. The number of urea groups is 1. The zero-order valence-electron chi connectivity index (χ0n) is 9.95. The summed E-state index contributed by atoms with van der Waals surface area (Å²) in [7, 11) is 1.84. The number of hydrogen-bond acceptors (Lipinski definition) is 2. The summed E-state index contributed by atoms with van der Waals surface area (Å²) in [6.45, 7) is 6.56. The summed E-state index contributed by atoms with van der Waals surface area (Å²) >= 11 is 0. The molecule has 1 aliphatic heterocycles. The van der Waals surface area contributed by atoms with E-state index < -0.39 is 0 Å². The van der Waals surface area contributed by atoms with E-state index in [1.165, 1.54) is 0 Å². The topological polar surface area (TPSA) is 41.6 Å². The van der Waals surface area contributed by atoms with Crippen molar-refractivity contribution in [2.75, 3.05) is 26.8 Å². The Balaban J connectivity index is 2.20. The predicted octanol–water partition coefficient (Wildman–Crippen LogP) is 1.46. The van der Waals surface area contributed by atoms with E-state index in [0.717, 1.165) is 26.0 Å². The highest BCUT2D eigenvalue weighted by Crippen LogP contribution is 2.05. The van der Waals surface area contributed by atoms with Gasteiger partial charge < -0.3 is 15.0 Å². The van der Waals surface area contributed by atoms with Crippen LogP contribution in [0.3, 0.4) is 0 Å². The Hall–Kier alpha value is -0.770. The first-order valence-electron chi connectivity index (χ1n) is 5.69. The second-order valence-corrected chi connectivity index (χ2v) is 4.61. The molecule has 0 bridgehead atoms. The molecule has 1 fully saturated rings. The molecule has 2 amide bonds. The van der Waals surface area contributed by atoms with Crippen LogP contribution in [0.2, 0.25) is 0 Å². The average molecular weight is 214 g/mol. The molecule has 4 heteroatoms. The van der Waals surface area contributed by atoms with Gasteiger partial charge >= 0.3 is 6.03 Å². The van der Waals surface area contributed by atoms with Crippen molar-refractivity contribution in [3.05, 3.63) is 0 Å². The standard InChI is InChI=1S/C11H22N2O2/c1-9(2)4-6-13(3)11(14)12-10-5-7-15-8-10/h9-10H,4-8H2,1-3H3,(H,12,14). The highest BCUT2D eigenvalue weighted by Gasteiger charge is 2.19. The third-order valence-electron chi connectivity index (χ3n) is 2.65. The molecular weight excluding hydrogens is 192 g/mol. The quantitative estimate of drug-likeness (QED) is 0.770. The van der Waals surface area contributed by atoms with Crippen LogP contribution in [-0.4, -0.2) is 43.8 Å². The SMILES string of the molecule is CC(C)CCN(C)C(=O)NC1CCOC1. The number of hydrogen-bond donors (Lipinski definition) is 1. The van der Waals surface area contributed by atoms with Gasteiger partial charge in [0, 0.05) is 20.2 Å². The van der Waals surface area contributed by atoms with Crippen LogP contribution in [0.4, 0.5) is 4.79 Å². The molecule has 1 unspecified atom stereocenters. The highest BCUT2D eigenvalue weighted by molar-refractivity contribution is 5.74. The lowest BCUT2D eigenvalue weighted by Gasteiger charge is -2.21. The van der Waals surface area contributed by atoms with Gasteiger partial charge in [-0.15, -0.1) is 0 Å². The van der Waals surface area contributed by atoms with Gasteiger partial charge in [-0.05, 0) is 18.8 Å². The van der Waals surface area contributed by atoms with Crippen molar-refractivity contribution in [2.45, 2.75) is 32.7 Å². The molecule has 1 N–H and O–H groups in total. The van der Waals surface area contributed by atoms with Crippen LogP contribution in [0.25, 0.3) is 0 Å². The van der Waals surface area contributed by atoms with Gasteiger partial charge in [0.05, 0.1) is 12.6 Å². The molecule has 1 rings (SSSR count). The molecule has 0 aromatic carbocycles. The summed E-state index contributed by atoms with van der Waals surface area (Å²) in [5.41, 5.74) is 0. The van der Waals surface area contributed by atoms with Crippen LogP contribution in [-0.2, 0) is 4.74 Å². The Kier molecular flexibility index (Phi) is 4.88. The summed E-state index contributed by atoms with van der Waals surface area (Å²) in [6, 6.07) is 0.227. The third kappa shape index (κ3) is 4.51. The minimum Gasteiger partial charge on any atom is -0.379 e. The molecule has 1 saturated heterocycles. The normalized spacial score (nSPS) is 20.7. The summed E-state index contributed by atoms with van der Waals surface area (Å²) in [4.78, 5) is 13.4. The van der Waals surface area contributed by atoms with Crippen molar-refractivity contribution in [1.82, 2.24) is 10.2 Å². The van der Waals surface area contributed by atoms with Gasteiger partial charge in [-0.25, -0.2) is 4.79 Å². The van der Waals surface area contributed by atoms with Crippen molar-refractivity contribution in [1.29, 1.82) is 0 Å². The summed E-state index contributed by atoms with van der Waals surface area (Å²) < 4.78 is 5.20. The van der Waals surface area contributed by atoms with Crippen LogP contribution in [0.1, 0.15) is 26.7 Å². The molecule has 0 spiro atoms. The Morgan fingerprint density at radius 2 is 2.33 bits per heavy atom. The van der Waals surface area contributed by atoms with Gasteiger partial charge in [-0.3, -0.25) is 0 Å². The molecule has 1 aliphatic rings. The Bertz CT molecular complexity index is 201. The van der Waals surface area contributed by atoms with Crippen molar-refractivity contribution in [3.8, 4) is 0 Å².